The van der Waals surface area contributed by atoms with Gasteiger partial charge >= 0.3 is 0 Å². The second-order valence-corrected chi connectivity index (χ2v) is 8.19. The highest BCUT2D eigenvalue weighted by Crippen LogP contribution is 2.27. The molecule has 1 fully saturated rings. The van der Waals surface area contributed by atoms with Gasteiger partial charge in [-0.2, -0.15) is 5.10 Å². The van der Waals surface area contributed by atoms with Crippen LogP contribution in [-0.4, -0.2) is 56.5 Å². The van der Waals surface area contributed by atoms with E-state index in [2.05, 4.69) is 15.0 Å². The molecule has 0 saturated carbocycles. The molecular formula is C25H22F3N5O. The van der Waals surface area contributed by atoms with Crippen LogP contribution >= 0.6 is 0 Å². The van der Waals surface area contributed by atoms with Crippen LogP contribution in [0.5, 0.6) is 0 Å². The van der Waals surface area contributed by atoms with Crippen molar-refractivity contribution in [3.05, 3.63) is 89.5 Å². The molecule has 0 radical (unpaired) electrons. The summed E-state index contributed by atoms with van der Waals surface area (Å²) >= 11 is 0. The molecule has 0 aliphatic carbocycles. The number of nitrogens with zero attached hydrogens (tertiary/aromatic N) is 5. The van der Waals surface area contributed by atoms with Gasteiger partial charge in [-0.1, -0.05) is 48.5 Å². The molecular weight excluding hydrogens is 443 g/mol. The van der Waals surface area contributed by atoms with Gasteiger partial charge < -0.3 is 4.90 Å². The molecule has 1 amide bonds. The SMILES string of the molecule is O=C(c1cnn2c(C(F)F)cc(-c3ccccc3)nc12)N1CCN(Cc2ccccc2F)CC1. The number of rotatable bonds is 5. The highest BCUT2D eigenvalue weighted by atomic mass is 19.3. The standard InChI is InChI=1S/C25H22F3N5O/c26-20-9-5-4-8-18(20)16-31-10-12-32(13-11-31)25(34)19-15-29-33-22(23(27)28)14-21(30-24(19)33)17-6-2-1-3-7-17/h1-9,14-15,23H,10-13,16H2. The highest BCUT2D eigenvalue weighted by molar-refractivity contribution is 6.00. The summed E-state index contributed by atoms with van der Waals surface area (Å²) in [6.45, 7) is 2.48. The van der Waals surface area contributed by atoms with Crippen LogP contribution < -0.4 is 0 Å². The molecule has 0 bridgehead atoms. The van der Waals surface area contributed by atoms with Gasteiger partial charge in [0, 0.05) is 43.9 Å². The zero-order valence-corrected chi connectivity index (χ0v) is 18.2. The molecule has 0 atom stereocenters. The van der Waals surface area contributed by atoms with Crippen LogP contribution in [0.2, 0.25) is 0 Å². The average molecular weight is 465 g/mol. The Morgan fingerprint density at radius 1 is 0.971 bits per heavy atom. The van der Waals surface area contributed by atoms with E-state index in [9.17, 15) is 18.0 Å². The summed E-state index contributed by atoms with van der Waals surface area (Å²) < 4.78 is 42.6. The average Bonchev–Trinajstić information content (AvgIpc) is 3.29. The number of carbonyl (C=O) groups excluding carboxylic acids is 1. The van der Waals surface area contributed by atoms with E-state index in [1.807, 2.05) is 6.07 Å². The van der Waals surface area contributed by atoms with E-state index in [0.717, 1.165) is 4.52 Å². The Morgan fingerprint density at radius 3 is 2.38 bits per heavy atom. The van der Waals surface area contributed by atoms with E-state index < -0.39 is 6.43 Å². The van der Waals surface area contributed by atoms with E-state index >= 15 is 0 Å². The van der Waals surface area contributed by atoms with E-state index in [0.29, 0.717) is 49.5 Å². The number of piperazine rings is 1. The summed E-state index contributed by atoms with van der Waals surface area (Å²) in [7, 11) is 0. The molecule has 0 unspecified atom stereocenters. The van der Waals surface area contributed by atoms with Crippen LogP contribution in [0.1, 0.15) is 28.0 Å². The number of hydrogen-bond donors (Lipinski definition) is 0. The summed E-state index contributed by atoms with van der Waals surface area (Å²) in [5.41, 5.74) is 1.61. The fraction of sp³-hybridized carbons (Fsp3) is 0.240. The number of alkyl halides is 2. The summed E-state index contributed by atoms with van der Waals surface area (Å²) in [4.78, 5) is 21.5. The first-order valence-electron chi connectivity index (χ1n) is 11.0. The summed E-state index contributed by atoms with van der Waals surface area (Å²) in [6, 6.07) is 16.9. The molecule has 34 heavy (non-hydrogen) atoms. The zero-order chi connectivity index (χ0) is 23.7. The lowest BCUT2D eigenvalue weighted by Gasteiger charge is -2.34. The lowest BCUT2D eigenvalue weighted by atomic mass is 10.1. The lowest BCUT2D eigenvalue weighted by molar-refractivity contribution is 0.0628. The number of fused-ring (bicyclic) bond motifs is 1. The first-order chi connectivity index (χ1) is 16.5. The molecule has 9 heteroatoms. The normalized spacial score (nSPS) is 14.8. The first-order valence-corrected chi connectivity index (χ1v) is 11.0. The van der Waals surface area contributed by atoms with E-state index in [1.54, 1.807) is 47.4 Å². The van der Waals surface area contributed by atoms with Crippen LogP contribution in [0.3, 0.4) is 0 Å². The Bertz CT molecular complexity index is 1320. The van der Waals surface area contributed by atoms with Crippen molar-refractivity contribution in [2.24, 2.45) is 0 Å². The molecule has 1 aliphatic rings. The predicted octanol–water partition coefficient (Wildman–Crippen LogP) is 4.43. The largest absolute Gasteiger partial charge is 0.336 e. The van der Waals surface area contributed by atoms with Gasteiger partial charge in [0.15, 0.2) is 5.65 Å². The number of halogens is 3. The van der Waals surface area contributed by atoms with Crippen molar-refractivity contribution in [3.63, 3.8) is 0 Å². The van der Waals surface area contributed by atoms with Gasteiger partial charge in [-0.3, -0.25) is 9.69 Å². The molecule has 1 aliphatic heterocycles. The second kappa shape index (κ2) is 9.26. The minimum Gasteiger partial charge on any atom is -0.336 e. The summed E-state index contributed by atoms with van der Waals surface area (Å²) in [6.07, 6.45) is -1.48. The molecule has 2 aromatic carbocycles. The van der Waals surface area contributed by atoms with Crippen molar-refractivity contribution < 1.29 is 18.0 Å². The van der Waals surface area contributed by atoms with Gasteiger partial charge in [-0.05, 0) is 12.1 Å². The van der Waals surface area contributed by atoms with Crippen LogP contribution in [0.15, 0.2) is 66.9 Å². The molecule has 0 N–H and O–H groups in total. The maximum Gasteiger partial charge on any atom is 0.280 e. The molecule has 2 aromatic heterocycles. The van der Waals surface area contributed by atoms with E-state index in [1.165, 1.54) is 18.3 Å². The van der Waals surface area contributed by atoms with Gasteiger partial charge in [-0.15, -0.1) is 0 Å². The van der Waals surface area contributed by atoms with Crippen molar-refractivity contribution in [1.82, 2.24) is 24.4 Å². The van der Waals surface area contributed by atoms with Gasteiger partial charge in [0.2, 0.25) is 0 Å². The third-order valence-electron chi connectivity index (χ3n) is 6.03. The Morgan fingerprint density at radius 2 is 1.68 bits per heavy atom. The monoisotopic (exact) mass is 465 g/mol. The smallest absolute Gasteiger partial charge is 0.280 e. The Kier molecular flexibility index (Phi) is 6.02. The maximum atomic E-state index is 14.0. The minimum atomic E-state index is -2.78. The van der Waals surface area contributed by atoms with Crippen LogP contribution in [0.25, 0.3) is 16.9 Å². The number of aromatic nitrogens is 3. The second-order valence-electron chi connectivity index (χ2n) is 8.19. The molecule has 5 rings (SSSR count). The molecule has 1 saturated heterocycles. The molecule has 6 nitrogen and oxygen atoms in total. The number of benzene rings is 2. The number of hydrogen-bond acceptors (Lipinski definition) is 4. The lowest BCUT2D eigenvalue weighted by Crippen LogP contribution is -2.48. The van der Waals surface area contributed by atoms with Gasteiger partial charge in [-0.25, -0.2) is 22.7 Å². The predicted molar refractivity (Wildman–Crippen MR) is 121 cm³/mol. The fourth-order valence-corrected chi connectivity index (χ4v) is 4.20. The van der Waals surface area contributed by atoms with Gasteiger partial charge in [0.25, 0.3) is 12.3 Å². The van der Waals surface area contributed by atoms with E-state index in [-0.39, 0.29) is 28.6 Å². The van der Waals surface area contributed by atoms with Crippen molar-refractivity contribution in [1.29, 1.82) is 0 Å². The number of amides is 1. The Balaban J connectivity index is 1.38. The highest BCUT2D eigenvalue weighted by Gasteiger charge is 2.27. The van der Waals surface area contributed by atoms with Crippen molar-refractivity contribution in [2.75, 3.05) is 26.2 Å². The van der Waals surface area contributed by atoms with Gasteiger partial charge in [0.1, 0.15) is 17.1 Å². The van der Waals surface area contributed by atoms with E-state index in [4.69, 9.17) is 0 Å². The zero-order valence-electron chi connectivity index (χ0n) is 18.2. The Hall–Kier alpha value is -3.72. The minimum absolute atomic E-state index is 0.107. The van der Waals surface area contributed by atoms with Crippen molar-refractivity contribution in [3.8, 4) is 11.3 Å². The van der Waals surface area contributed by atoms with Gasteiger partial charge in [0.05, 0.1) is 11.9 Å². The molecule has 0 spiro atoms. The van der Waals surface area contributed by atoms with Crippen molar-refractivity contribution >= 4 is 11.6 Å². The summed E-state index contributed by atoms with van der Waals surface area (Å²) in [5.74, 6) is -0.555. The quantitative estimate of drug-likeness (QED) is 0.438. The fourth-order valence-electron chi connectivity index (χ4n) is 4.20. The first kappa shape index (κ1) is 22.1. The topological polar surface area (TPSA) is 53.7 Å². The van der Waals surface area contributed by atoms with Crippen LogP contribution in [0, 0.1) is 5.82 Å². The van der Waals surface area contributed by atoms with Crippen molar-refractivity contribution in [2.45, 2.75) is 13.0 Å². The molecule has 4 aromatic rings. The third kappa shape index (κ3) is 4.26. The van der Waals surface area contributed by atoms with Crippen LogP contribution in [0.4, 0.5) is 13.2 Å². The molecule has 3 heterocycles. The Labute approximate surface area is 194 Å². The number of carbonyl (C=O) groups is 1. The third-order valence-corrected chi connectivity index (χ3v) is 6.03. The summed E-state index contributed by atoms with van der Waals surface area (Å²) in [5, 5.41) is 4.05. The maximum absolute atomic E-state index is 14.0. The molecule has 174 valence electrons. The van der Waals surface area contributed by atoms with Crippen LogP contribution in [-0.2, 0) is 6.54 Å².